The first-order chi connectivity index (χ1) is 12.2. The van der Waals surface area contributed by atoms with Gasteiger partial charge in [-0.2, -0.15) is 4.31 Å². The van der Waals surface area contributed by atoms with Crippen LogP contribution in [0.1, 0.15) is 13.8 Å². The van der Waals surface area contributed by atoms with Gasteiger partial charge in [0, 0.05) is 25.4 Å². The summed E-state index contributed by atoms with van der Waals surface area (Å²) in [5, 5.41) is 12.3. The predicted molar refractivity (Wildman–Crippen MR) is 93.6 cm³/mol. The zero-order valence-electron chi connectivity index (χ0n) is 14.3. The highest BCUT2D eigenvalue weighted by Gasteiger charge is 2.34. The minimum absolute atomic E-state index is 0.0958. The number of hydrogen-bond donors (Lipinski definition) is 2. The lowest BCUT2D eigenvalue weighted by molar-refractivity contribution is -0.140. The van der Waals surface area contributed by atoms with Gasteiger partial charge in [0.1, 0.15) is 10.9 Å². The fourth-order valence-corrected chi connectivity index (χ4v) is 4.19. The van der Waals surface area contributed by atoms with Gasteiger partial charge in [-0.15, -0.1) is 0 Å². The van der Waals surface area contributed by atoms with Crippen molar-refractivity contribution < 1.29 is 27.5 Å². The number of fused-ring (bicyclic) bond motifs is 1. The van der Waals surface area contributed by atoms with Crippen molar-refractivity contribution in [3.8, 4) is 0 Å². The molecule has 7 nitrogen and oxygen atoms in total. The van der Waals surface area contributed by atoms with E-state index in [1.165, 1.54) is 26.0 Å². The number of nitrogens with one attached hydrogen (secondary N) is 1. The molecule has 140 valence electrons. The maximum Gasteiger partial charge on any atom is 0.321 e. The van der Waals surface area contributed by atoms with Crippen molar-refractivity contribution in [2.24, 2.45) is 0 Å². The lowest BCUT2D eigenvalue weighted by Gasteiger charge is -2.26. The third-order valence-electron chi connectivity index (χ3n) is 3.91. The quantitative estimate of drug-likeness (QED) is 0.757. The summed E-state index contributed by atoms with van der Waals surface area (Å²) in [6, 6.07) is 7.52. The van der Waals surface area contributed by atoms with Gasteiger partial charge in [0.2, 0.25) is 15.9 Å². The Balaban J connectivity index is 2.50. The second-order valence-corrected chi connectivity index (χ2v) is 7.57. The summed E-state index contributed by atoms with van der Waals surface area (Å²) < 4.78 is 41.3. The van der Waals surface area contributed by atoms with Gasteiger partial charge in [-0.25, -0.2) is 12.8 Å². The number of aliphatic carboxylic acids is 1. The van der Waals surface area contributed by atoms with E-state index in [4.69, 9.17) is 0 Å². The Labute approximate surface area is 150 Å². The topological polar surface area (TPSA) is 104 Å². The molecule has 2 aromatic rings. The molecule has 0 spiro atoms. The molecule has 2 N–H and O–H groups in total. The predicted octanol–water partition coefficient (Wildman–Crippen LogP) is 1.58. The lowest BCUT2D eigenvalue weighted by Crippen LogP contribution is -2.46. The lowest BCUT2D eigenvalue weighted by atomic mass is 10.1. The number of carbonyl (C=O) groups is 2. The van der Waals surface area contributed by atoms with Gasteiger partial charge in [-0.3, -0.25) is 9.59 Å². The second kappa shape index (κ2) is 7.79. The molecule has 2 rings (SSSR count). The van der Waals surface area contributed by atoms with Crippen molar-refractivity contribution in [1.82, 2.24) is 9.62 Å². The molecular formula is C17H19FN2O5S. The zero-order valence-corrected chi connectivity index (χ0v) is 15.1. The molecule has 0 bridgehead atoms. The van der Waals surface area contributed by atoms with Crippen LogP contribution in [0.25, 0.3) is 10.8 Å². The van der Waals surface area contributed by atoms with E-state index in [2.05, 4.69) is 5.32 Å². The molecule has 0 radical (unpaired) electrons. The number of rotatable bonds is 7. The molecule has 0 saturated carbocycles. The Kier molecular flexibility index (Phi) is 5.94. The maximum absolute atomic E-state index is 14.8. The van der Waals surface area contributed by atoms with E-state index in [0.717, 1.165) is 6.07 Å². The summed E-state index contributed by atoms with van der Waals surface area (Å²) in [7, 11) is -4.44. The van der Waals surface area contributed by atoms with Crippen molar-refractivity contribution in [1.29, 1.82) is 0 Å². The standard InChI is InChI=1S/C17H19FN2O5S/c1-11(17(22)23)20(10-9-19-12(2)21)26(24,25)15-8-7-13-5-3-4-6-14(13)16(15)18/h3-8,11H,9-10H2,1-2H3,(H,19,21)(H,22,23). The minimum Gasteiger partial charge on any atom is -0.480 e. The number of benzene rings is 2. The molecule has 0 aliphatic heterocycles. The Morgan fingerprint density at radius 3 is 2.50 bits per heavy atom. The van der Waals surface area contributed by atoms with Crippen LogP contribution in [0.5, 0.6) is 0 Å². The maximum atomic E-state index is 14.8. The third-order valence-corrected chi connectivity index (χ3v) is 5.90. The molecule has 0 aliphatic rings. The van der Waals surface area contributed by atoms with Crippen LogP contribution in [0.15, 0.2) is 41.3 Å². The normalized spacial score (nSPS) is 12.9. The van der Waals surface area contributed by atoms with E-state index in [1.54, 1.807) is 18.2 Å². The fourth-order valence-electron chi connectivity index (χ4n) is 2.53. The van der Waals surface area contributed by atoms with Crippen LogP contribution in [-0.4, -0.2) is 48.8 Å². The first kappa shape index (κ1) is 19.8. The number of hydrogen-bond acceptors (Lipinski definition) is 4. The van der Waals surface area contributed by atoms with Crippen molar-refractivity contribution in [2.75, 3.05) is 13.1 Å². The zero-order chi connectivity index (χ0) is 19.5. The van der Waals surface area contributed by atoms with E-state index >= 15 is 0 Å². The highest BCUT2D eigenvalue weighted by molar-refractivity contribution is 7.89. The van der Waals surface area contributed by atoms with Gasteiger partial charge < -0.3 is 10.4 Å². The molecule has 0 heterocycles. The van der Waals surface area contributed by atoms with E-state index in [9.17, 15) is 27.5 Å². The van der Waals surface area contributed by atoms with Crippen molar-refractivity contribution in [2.45, 2.75) is 24.8 Å². The van der Waals surface area contributed by atoms with Crippen LogP contribution in [0.2, 0.25) is 0 Å². The summed E-state index contributed by atoms with van der Waals surface area (Å²) in [4.78, 5) is 21.7. The Morgan fingerprint density at radius 2 is 1.88 bits per heavy atom. The Hall–Kier alpha value is -2.52. The summed E-state index contributed by atoms with van der Waals surface area (Å²) >= 11 is 0. The highest BCUT2D eigenvalue weighted by atomic mass is 32.2. The molecule has 1 amide bonds. The molecule has 9 heteroatoms. The number of carboxylic acids is 1. The van der Waals surface area contributed by atoms with E-state index in [0.29, 0.717) is 9.69 Å². The average molecular weight is 382 g/mol. The number of halogens is 1. The van der Waals surface area contributed by atoms with E-state index in [1.807, 2.05) is 0 Å². The molecule has 1 unspecified atom stereocenters. The van der Waals surface area contributed by atoms with E-state index < -0.39 is 32.7 Å². The summed E-state index contributed by atoms with van der Waals surface area (Å²) in [6.07, 6.45) is 0. The molecule has 0 aliphatic carbocycles. The van der Waals surface area contributed by atoms with Crippen molar-refractivity contribution in [3.05, 3.63) is 42.2 Å². The largest absolute Gasteiger partial charge is 0.480 e. The SMILES string of the molecule is CC(=O)NCCN(C(C)C(=O)O)S(=O)(=O)c1ccc2ccccc2c1F. The monoisotopic (exact) mass is 382 g/mol. The third kappa shape index (κ3) is 4.00. The molecule has 0 saturated heterocycles. The van der Waals surface area contributed by atoms with Gasteiger partial charge in [0.25, 0.3) is 0 Å². The molecular weight excluding hydrogens is 363 g/mol. The first-order valence-electron chi connectivity index (χ1n) is 7.82. The Bertz CT molecular complexity index is 945. The average Bonchev–Trinajstić information content (AvgIpc) is 2.58. The number of sulfonamides is 1. The van der Waals surface area contributed by atoms with Gasteiger partial charge in [-0.05, 0) is 18.4 Å². The number of carbonyl (C=O) groups excluding carboxylic acids is 1. The molecule has 0 fully saturated rings. The van der Waals surface area contributed by atoms with Crippen LogP contribution in [0.4, 0.5) is 4.39 Å². The minimum atomic E-state index is -4.44. The first-order valence-corrected chi connectivity index (χ1v) is 9.26. The van der Waals surface area contributed by atoms with Crippen LogP contribution >= 0.6 is 0 Å². The van der Waals surface area contributed by atoms with Crippen molar-refractivity contribution >= 4 is 32.7 Å². The summed E-state index contributed by atoms with van der Waals surface area (Å²) in [5.41, 5.74) is 0. The molecule has 1 atom stereocenters. The second-order valence-electron chi connectivity index (χ2n) is 5.71. The number of nitrogens with zero attached hydrogens (tertiary/aromatic N) is 1. The Morgan fingerprint density at radius 1 is 1.23 bits per heavy atom. The van der Waals surface area contributed by atoms with E-state index in [-0.39, 0.29) is 24.4 Å². The van der Waals surface area contributed by atoms with Gasteiger partial charge in [0.05, 0.1) is 0 Å². The summed E-state index contributed by atoms with van der Waals surface area (Å²) in [5.74, 6) is -2.70. The van der Waals surface area contributed by atoms with Crippen LogP contribution in [0.3, 0.4) is 0 Å². The molecule has 0 aromatic heterocycles. The highest BCUT2D eigenvalue weighted by Crippen LogP contribution is 2.27. The summed E-state index contributed by atoms with van der Waals surface area (Å²) in [6.45, 7) is 2.04. The van der Waals surface area contributed by atoms with Crippen molar-refractivity contribution in [3.63, 3.8) is 0 Å². The van der Waals surface area contributed by atoms with Crippen LogP contribution in [-0.2, 0) is 19.6 Å². The van der Waals surface area contributed by atoms with Gasteiger partial charge >= 0.3 is 5.97 Å². The molecule has 2 aromatic carbocycles. The molecule has 26 heavy (non-hydrogen) atoms. The number of carboxylic acid groups (broad SMARTS) is 1. The smallest absolute Gasteiger partial charge is 0.321 e. The number of amides is 1. The fraction of sp³-hybridized carbons (Fsp3) is 0.294. The van der Waals surface area contributed by atoms with Gasteiger partial charge in [0.15, 0.2) is 5.82 Å². The van der Waals surface area contributed by atoms with Gasteiger partial charge in [-0.1, -0.05) is 30.3 Å². The van der Waals surface area contributed by atoms with Crippen LogP contribution in [0, 0.1) is 5.82 Å². The van der Waals surface area contributed by atoms with Crippen LogP contribution < -0.4 is 5.32 Å².